The highest BCUT2D eigenvalue weighted by Gasteiger charge is 2.23. The van der Waals surface area contributed by atoms with E-state index in [0.29, 0.717) is 35.2 Å². The molecular weight excluding hydrogens is 478 g/mol. The molecule has 10 nitrogen and oxygen atoms in total. The Bertz CT molecular complexity index is 1570. The van der Waals surface area contributed by atoms with Gasteiger partial charge in [0.2, 0.25) is 5.91 Å². The molecular formula is C25H21N7O3S. The first-order valence-electron chi connectivity index (χ1n) is 11.3. The van der Waals surface area contributed by atoms with Gasteiger partial charge in [0.1, 0.15) is 0 Å². The molecule has 0 aliphatic heterocycles. The van der Waals surface area contributed by atoms with Crippen molar-refractivity contribution in [3.05, 3.63) is 88.7 Å². The summed E-state index contributed by atoms with van der Waals surface area (Å²) < 4.78 is 1.61. The van der Waals surface area contributed by atoms with Crippen LogP contribution in [0.2, 0.25) is 0 Å². The number of amides is 1. The molecule has 1 atom stereocenters. The lowest BCUT2D eigenvalue weighted by Gasteiger charge is -2.15. The van der Waals surface area contributed by atoms with Gasteiger partial charge in [0, 0.05) is 42.0 Å². The second-order valence-electron chi connectivity index (χ2n) is 7.98. The van der Waals surface area contributed by atoms with Gasteiger partial charge < -0.3 is 5.32 Å². The van der Waals surface area contributed by atoms with Crippen molar-refractivity contribution in [3.63, 3.8) is 0 Å². The normalized spacial score (nSPS) is 12.0. The average Bonchev–Trinajstić information content (AvgIpc) is 3.37. The zero-order chi connectivity index (χ0) is 25.1. The number of nitrogens with zero attached hydrogens (tertiary/aromatic N) is 6. The molecule has 180 valence electrons. The number of nitro groups is 1. The van der Waals surface area contributed by atoms with Crippen LogP contribution in [0.5, 0.6) is 0 Å². The molecule has 1 unspecified atom stereocenters. The predicted molar refractivity (Wildman–Crippen MR) is 136 cm³/mol. The average molecular weight is 500 g/mol. The van der Waals surface area contributed by atoms with E-state index in [0.717, 1.165) is 16.5 Å². The van der Waals surface area contributed by atoms with Gasteiger partial charge in [-0.2, -0.15) is 4.52 Å². The number of carbonyl (C=O) groups excluding carboxylic acids is 1. The van der Waals surface area contributed by atoms with Gasteiger partial charge in [-0.15, -0.1) is 5.10 Å². The van der Waals surface area contributed by atoms with Crippen molar-refractivity contribution >= 4 is 39.9 Å². The molecule has 1 N–H and O–H groups in total. The number of nitrogens with one attached hydrogen (secondary N) is 1. The Kier molecular flexibility index (Phi) is 6.54. The van der Waals surface area contributed by atoms with Crippen LogP contribution in [0, 0.1) is 10.1 Å². The summed E-state index contributed by atoms with van der Waals surface area (Å²) in [5, 5.41) is 19.7. The highest BCUT2D eigenvalue weighted by Crippen LogP contribution is 2.30. The smallest absolute Gasteiger partial charge is 0.270 e. The van der Waals surface area contributed by atoms with Crippen LogP contribution >= 0.6 is 11.8 Å². The van der Waals surface area contributed by atoms with Crippen molar-refractivity contribution in [2.75, 3.05) is 0 Å². The summed E-state index contributed by atoms with van der Waals surface area (Å²) >= 11 is 1.31. The molecule has 3 aromatic heterocycles. The number of aromatic nitrogens is 5. The standard InChI is InChI=1S/C25H21N7O3S/c1-2-21(24(33)27-15-16-7-6-12-26-14-16)36-25-28-20-11-4-3-10-19(20)23-29-22(30-31(23)25)17-8-5-9-18(13-17)32(34)35/h3-14,21H,2,15H2,1H3,(H,27,33). The SMILES string of the molecule is CCC(Sc1nc2ccccc2c2nc(-c3cccc([N+](=O)[O-])c3)nn12)C(=O)NCc1cccnc1. The van der Waals surface area contributed by atoms with Crippen molar-refractivity contribution in [3.8, 4) is 11.4 Å². The van der Waals surface area contributed by atoms with Gasteiger partial charge >= 0.3 is 0 Å². The molecule has 5 rings (SSSR count). The Morgan fingerprint density at radius 2 is 2.00 bits per heavy atom. The van der Waals surface area contributed by atoms with Crippen molar-refractivity contribution < 1.29 is 9.72 Å². The molecule has 0 radical (unpaired) electrons. The van der Waals surface area contributed by atoms with Crippen LogP contribution in [0.15, 0.2) is 78.2 Å². The van der Waals surface area contributed by atoms with E-state index in [-0.39, 0.29) is 11.6 Å². The Hall–Kier alpha value is -4.38. The molecule has 0 saturated heterocycles. The highest BCUT2D eigenvalue weighted by molar-refractivity contribution is 8.00. The molecule has 5 aromatic rings. The van der Waals surface area contributed by atoms with Gasteiger partial charge in [0.05, 0.1) is 15.7 Å². The summed E-state index contributed by atoms with van der Waals surface area (Å²) in [5.41, 5.74) is 2.68. The molecule has 36 heavy (non-hydrogen) atoms. The number of carbonyl (C=O) groups is 1. The topological polar surface area (TPSA) is 128 Å². The molecule has 0 aliphatic rings. The zero-order valence-electron chi connectivity index (χ0n) is 19.2. The number of benzene rings is 2. The second kappa shape index (κ2) is 10.1. The number of hydrogen-bond acceptors (Lipinski definition) is 8. The summed E-state index contributed by atoms with van der Waals surface area (Å²) in [4.78, 5) is 37.3. The van der Waals surface area contributed by atoms with Gasteiger partial charge in [-0.1, -0.05) is 49.0 Å². The van der Waals surface area contributed by atoms with Crippen molar-refractivity contribution in [2.24, 2.45) is 0 Å². The molecule has 0 saturated carbocycles. The van der Waals surface area contributed by atoms with Crippen LogP contribution in [0.4, 0.5) is 5.69 Å². The maximum Gasteiger partial charge on any atom is 0.270 e. The number of pyridine rings is 1. The van der Waals surface area contributed by atoms with Crippen LogP contribution in [-0.2, 0) is 11.3 Å². The lowest BCUT2D eigenvalue weighted by Crippen LogP contribution is -2.32. The highest BCUT2D eigenvalue weighted by atomic mass is 32.2. The van der Waals surface area contributed by atoms with Gasteiger partial charge in [0.25, 0.3) is 5.69 Å². The monoisotopic (exact) mass is 499 g/mol. The van der Waals surface area contributed by atoms with Crippen LogP contribution in [0.3, 0.4) is 0 Å². The molecule has 0 bridgehead atoms. The van der Waals surface area contributed by atoms with E-state index in [4.69, 9.17) is 9.97 Å². The van der Waals surface area contributed by atoms with Gasteiger partial charge in [0.15, 0.2) is 16.6 Å². The Morgan fingerprint density at radius 1 is 1.14 bits per heavy atom. The van der Waals surface area contributed by atoms with Crippen molar-refractivity contribution in [1.82, 2.24) is 29.9 Å². The maximum atomic E-state index is 13.0. The summed E-state index contributed by atoms with van der Waals surface area (Å²) in [5.74, 6) is 0.223. The minimum absolute atomic E-state index is 0.0414. The molecule has 0 aliphatic carbocycles. The Morgan fingerprint density at radius 3 is 2.78 bits per heavy atom. The number of rotatable bonds is 8. The molecule has 0 spiro atoms. The number of para-hydroxylation sites is 1. The van der Waals surface area contributed by atoms with E-state index >= 15 is 0 Å². The zero-order valence-corrected chi connectivity index (χ0v) is 20.1. The lowest BCUT2D eigenvalue weighted by atomic mass is 10.2. The number of non-ortho nitro benzene ring substituents is 1. The summed E-state index contributed by atoms with van der Waals surface area (Å²) in [6, 6.07) is 17.5. The molecule has 0 fully saturated rings. The molecule has 1 amide bonds. The Balaban J connectivity index is 1.51. The quantitative estimate of drug-likeness (QED) is 0.144. The number of thioether (sulfide) groups is 1. The first-order chi connectivity index (χ1) is 17.5. The first-order valence-corrected chi connectivity index (χ1v) is 12.1. The maximum absolute atomic E-state index is 13.0. The summed E-state index contributed by atoms with van der Waals surface area (Å²) in [6.07, 6.45) is 3.98. The summed E-state index contributed by atoms with van der Waals surface area (Å²) in [6.45, 7) is 2.32. The number of nitro benzene ring substituents is 1. The molecule has 2 aromatic carbocycles. The molecule has 3 heterocycles. The first kappa shape index (κ1) is 23.4. The third kappa shape index (κ3) is 4.73. The molecule has 11 heteroatoms. The van der Waals surface area contributed by atoms with Crippen molar-refractivity contribution in [2.45, 2.75) is 30.3 Å². The van der Waals surface area contributed by atoms with E-state index in [1.54, 1.807) is 29.0 Å². The fourth-order valence-corrected chi connectivity index (χ4v) is 4.73. The van der Waals surface area contributed by atoms with E-state index in [1.165, 1.54) is 23.9 Å². The van der Waals surface area contributed by atoms with Crippen LogP contribution < -0.4 is 5.32 Å². The third-order valence-electron chi connectivity index (χ3n) is 5.56. The fourth-order valence-electron chi connectivity index (χ4n) is 3.74. The third-order valence-corrected chi connectivity index (χ3v) is 6.87. The minimum atomic E-state index is -0.451. The summed E-state index contributed by atoms with van der Waals surface area (Å²) in [7, 11) is 0. The van der Waals surface area contributed by atoms with Gasteiger partial charge in [-0.3, -0.25) is 19.9 Å². The number of fused-ring (bicyclic) bond motifs is 3. The second-order valence-corrected chi connectivity index (χ2v) is 9.15. The largest absolute Gasteiger partial charge is 0.351 e. The fraction of sp³-hybridized carbons (Fsp3) is 0.160. The van der Waals surface area contributed by atoms with Crippen LogP contribution in [-0.4, -0.2) is 40.6 Å². The van der Waals surface area contributed by atoms with E-state index < -0.39 is 10.2 Å². The van der Waals surface area contributed by atoms with Crippen LogP contribution in [0.25, 0.3) is 27.9 Å². The minimum Gasteiger partial charge on any atom is -0.351 e. The van der Waals surface area contributed by atoms with E-state index in [9.17, 15) is 14.9 Å². The lowest BCUT2D eigenvalue weighted by molar-refractivity contribution is -0.384. The van der Waals surface area contributed by atoms with E-state index in [2.05, 4.69) is 15.4 Å². The van der Waals surface area contributed by atoms with Gasteiger partial charge in [-0.05, 0) is 30.2 Å². The predicted octanol–water partition coefficient (Wildman–Crippen LogP) is 4.43. The van der Waals surface area contributed by atoms with E-state index in [1.807, 2.05) is 43.3 Å². The Labute approximate surface area is 210 Å². The van der Waals surface area contributed by atoms with Crippen molar-refractivity contribution in [1.29, 1.82) is 0 Å². The van der Waals surface area contributed by atoms with Crippen LogP contribution in [0.1, 0.15) is 18.9 Å². The number of hydrogen-bond donors (Lipinski definition) is 1. The van der Waals surface area contributed by atoms with Gasteiger partial charge in [-0.25, -0.2) is 9.97 Å².